The van der Waals surface area contributed by atoms with E-state index >= 15 is 0 Å². The number of aromatic nitrogens is 2. The molecule has 0 saturated carbocycles. The number of aromatic amines is 1. The Hall–Kier alpha value is -1.36. The van der Waals surface area contributed by atoms with Crippen LogP contribution in [0.15, 0.2) is 12.4 Å². The topological polar surface area (TPSA) is 68.8 Å². The first-order valence-corrected chi connectivity index (χ1v) is 3.94. The minimum absolute atomic E-state index is 0.246. The number of rotatable bonds is 3. The van der Waals surface area contributed by atoms with Crippen molar-refractivity contribution in [3.05, 3.63) is 18.2 Å². The van der Waals surface area contributed by atoms with Gasteiger partial charge in [-0.05, 0) is 0 Å². The number of hydrogen-bond acceptors (Lipinski definition) is 3. The maximum Gasteiger partial charge on any atom is 0.187 e. The molecule has 0 aromatic carbocycles. The van der Waals surface area contributed by atoms with Crippen molar-refractivity contribution in [1.82, 2.24) is 9.97 Å². The molecule has 0 bridgehead atoms. The average Bonchev–Trinajstić information content (AvgIpc) is 2.34. The van der Waals surface area contributed by atoms with Gasteiger partial charge in [0.15, 0.2) is 11.9 Å². The highest BCUT2D eigenvalue weighted by atomic mass is 16.4. The summed E-state index contributed by atoms with van der Waals surface area (Å²) in [4.78, 5) is 17.5. The highest BCUT2D eigenvalue weighted by Gasteiger charge is 2.29. The van der Waals surface area contributed by atoms with Gasteiger partial charge < -0.3 is 19.4 Å². The molecule has 1 unspecified atom stereocenters. The van der Waals surface area contributed by atoms with Crippen molar-refractivity contribution < 1.29 is 14.4 Å². The molecule has 1 N–H and O–H groups in total. The van der Waals surface area contributed by atoms with Crippen molar-refractivity contribution in [3.63, 3.8) is 0 Å². The number of carbonyl (C=O) groups excluding carboxylic acids is 1. The molecule has 72 valence electrons. The largest absolute Gasteiger partial charge is 0.544 e. The van der Waals surface area contributed by atoms with Crippen LogP contribution in [0.3, 0.4) is 0 Å². The summed E-state index contributed by atoms with van der Waals surface area (Å²) in [7, 11) is 5.34. The lowest BCUT2D eigenvalue weighted by molar-refractivity contribution is -0.895. The number of hydrogen-bond donors (Lipinski definition) is 1. The van der Waals surface area contributed by atoms with Crippen molar-refractivity contribution in [3.8, 4) is 0 Å². The maximum atomic E-state index is 10.9. The Bertz CT molecular complexity index is 287. The molecular formula is C8H13N3O2. The second-order valence-electron chi connectivity index (χ2n) is 3.81. The molecule has 1 rings (SSSR count). The van der Waals surface area contributed by atoms with E-state index < -0.39 is 12.0 Å². The molecule has 1 aromatic heterocycles. The van der Waals surface area contributed by atoms with Gasteiger partial charge >= 0.3 is 0 Å². The normalized spacial score (nSPS) is 14.1. The molecule has 1 heterocycles. The van der Waals surface area contributed by atoms with Gasteiger partial charge in [-0.15, -0.1) is 0 Å². The van der Waals surface area contributed by atoms with Gasteiger partial charge in [-0.1, -0.05) is 0 Å². The third kappa shape index (κ3) is 2.06. The molecule has 1 aromatic rings. The van der Waals surface area contributed by atoms with Crippen LogP contribution in [0.2, 0.25) is 0 Å². The van der Waals surface area contributed by atoms with Crippen LogP contribution in [0, 0.1) is 0 Å². The molecule has 0 amide bonds. The summed E-state index contributed by atoms with van der Waals surface area (Å²) in [6.45, 7) is 0. The molecule has 5 heteroatoms. The standard InChI is InChI=1S/C8H13N3O2/c1-11(2,3)6(8(12)13)7-9-4-5-10-7/h4-6H,1-3H3,(H-,9,10,12,13). The highest BCUT2D eigenvalue weighted by molar-refractivity contribution is 5.70. The zero-order valence-corrected chi connectivity index (χ0v) is 7.94. The monoisotopic (exact) mass is 183 g/mol. The number of likely N-dealkylation sites (N-methyl/N-ethyl adjacent to an activating group) is 1. The molecule has 0 aliphatic rings. The molecule has 0 aliphatic heterocycles. The van der Waals surface area contributed by atoms with Crippen LogP contribution in [0.4, 0.5) is 0 Å². The second kappa shape index (κ2) is 3.18. The smallest absolute Gasteiger partial charge is 0.187 e. The van der Waals surface area contributed by atoms with E-state index in [-0.39, 0.29) is 4.48 Å². The lowest BCUT2D eigenvalue weighted by Crippen LogP contribution is -2.48. The summed E-state index contributed by atoms with van der Waals surface area (Å²) in [6, 6.07) is -0.755. The number of carbonyl (C=O) groups is 1. The fraction of sp³-hybridized carbons (Fsp3) is 0.500. The van der Waals surface area contributed by atoms with Gasteiger partial charge in [0.1, 0.15) is 5.97 Å². The van der Waals surface area contributed by atoms with Crippen molar-refractivity contribution in [1.29, 1.82) is 0 Å². The first kappa shape index (κ1) is 9.73. The SMILES string of the molecule is C[N+](C)(C)C(C(=O)[O-])c1ncc[nH]1. The zero-order valence-electron chi connectivity index (χ0n) is 7.94. The van der Waals surface area contributed by atoms with Crippen molar-refractivity contribution in [2.75, 3.05) is 21.1 Å². The summed E-state index contributed by atoms with van der Waals surface area (Å²) in [5.74, 6) is -0.699. The van der Waals surface area contributed by atoms with Crippen molar-refractivity contribution in [2.45, 2.75) is 6.04 Å². The van der Waals surface area contributed by atoms with Gasteiger partial charge in [-0.25, -0.2) is 4.98 Å². The highest BCUT2D eigenvalue weighted by Crippen LogP contribution is 2.18. The van der Waals surface area contributed by atoms with Crippen molar-refractivity contribution >= 4 is 5.97 Å². The molecule has 0 aliphatic carbocycles. The van der Waals surface area contributed by atoms with Crippen LogP contribution in [0.1, 0.15) is 11.9 Å². The van der Waals surface area contributed by atoms with Gasteiger partial charge in [0.2, 0.25) is 0 Å². The predicted octanol–water partition coefficient (Wildman–Crippen LogP) is -1.09. The second-order valence-corrected chi connectivity index (χ2v) is 3.81. The van der Waals surface area contributed by atoms with E-state index in [9.17, 15) is 9.90 Å². The van der Waals surface area contributed by atoms with E-state index in [0.717, 1.165) is 0 Å². The number of H-pyrrole nitrogens is 1. The fourth-order valence-electron chi connectivity index (χ4n) is 1.22. The molecule has 1 atom stereocenters. The van der Waals surface area contributed by atoms with Gasteiger partial charge in [-0.2, -0.15) is 0 Å². The number of nitrogens with zero attached hydrogens (tertiary/aromatic N) is 2. The predicted molar refractivity (Wildman–Crippen MR) is 44.4 cm³/mol. The summed E-state index contributed by atoms with van der Waals surface area (Å²) in [5, 5.41) is 10.9. The van der Waals surface area contributed by atoms with Crippen LogP contribution in [0.25, 0.3) is 0 Å². The molecule has 0 radical (unpaired) electrons. The Kier molecular flexibility index (Phi) is 2.38. The van der Waals surface area contributed by atoms with E-state index in [4.69, 9.17) is 0 Å². The number of aliphatic carboxylic acids is 1. The minimum Gasteiger partial charge on any atom is -0.544 e. The number of nitrogens with one attached hydrogen (secondary N) is 1. The number of quaternary nitrogens is 1. The Balaban J connectivity index is 3.01. The van der Waals surface area contributed by atoms with E-state index in [1.165, 1.54) is 6.20 Å². The Morgan fingerprint density at radius 3 is 2.54 bits per heavy atom. The first-order chi connectivity index (χ1) is 5.93. The van der Waals surface area contributed by atoms with Gasteiger partial charge in [0.25, 0.3) is 0 Å². The molecular weight excluding hydrogens is 170 g/mol. The van der Waals surface area contributed by atoms with E-state index in [1.807, 2.05) is 0 Å². The first-order valence-electron chi connectivity index (χ1n) is 3.94. The fourth-order valence-corrected chi connectivity index (χ4v) is 1.22. The van der Waals surface area contributed by atoms with E-state index in [0.29, 0.717) is 5.82 Å². The quantitative estimate of drug-likeness (QED) is 0.605. The zero-order chi connectivity index (χ0) is 10.1. The summed E-state index contributed by atoms with van der Waals surface area (Å²) < 4.78 is 0.246. The number of carboxylic acids is 1. The summed E-state index contributed by atoms with van der Waals surface area (Å²) >= 11 is 0. The molecule has 5 nitrogen and oxygen atoms in total. The van der Waals surface area contributed by atoms with Crippen molar-refractivity contribution in [2.24, 2.45) is 0 Å². The van der Waals surface area contributed by atoms with Crippen LogP contribution in [-0.4, -0.2) is 41.6 Å². The van der Waals surface area contributed by atoms with Crippen LogP contribution < -0.4 is 5.11 Å². The number of imidazole rings is 1. The Labute approximate surface area is 76.6 Å². The van der Waals surface area contributed by atoms with Crippen LogP contribution >= 0.6 is 0 Å². The number of carboxylic acid groups (broad SMARTS) is 1. The molecule has 13 heavy (non-hydrogen) atoms. The molecule has 0 fully saturated rings. The third-order valence-electron chi connectivity index (χ3n) is 1.78. The van der Waals surface area contributed by atoms with Gasteiger partial charge in [0.05, 0.1) is 21.1 Å². The minimum atomic E-state index is -1.12. The summed E-state index contributed by atoms with van der Waals surface area (Å²) in [6.07, 6.45) is 3.13. The Morgan fingerprint density at radius 2 is 2.23 bits per heavy atom. The average molecular weight is 183 g/mol. The lowest BCUT2D eigenvalue weighted by Gasteiger charge is -2.33. The van der Waals surface area contributed by atoms with E-state index in [1.54, 1.807) is 27.3 Å². The maximum absolute atomic E-state index is 10.9. The van der Waals surface area contributed by atoms with E-state index in [2.05, 4.69) is 9.97 Å². The Morgan fingerprint density at radius 1 is 1.62 bits per heavy atom. The molecule has 0 spiro atoms. The lowest BCUT2D eigenvalue weighted by atomic mass is 10.2. The van der Waals surface area contributed by atoms with Crippen LogP contribution in [-0.2, 0) is 4.79 Å². The third-order valence-corrected chi connectivity index (χ3v) is 1.78. The molecule has 0 saturated heterocycles. The summed E-state index contributed by atoms with van der Waals surface area (Å²) in [5.41, 5.74) is 0. The van der Waals surface area contributed by atoms with Gasteiger partial charge in [-0.3, -0.25) is 0 Å². The van der Waals surface area contributed by atoms with Gasteiger partial charge in [0, 0.05) is 12.4 Å². The van der Waals surface area contributed by atoms with Crippen LogP contribution in [0.5, 0.6) is 0 Å².